The second-order valence-electron chi connectivity index (χ2n) is 10.4. The third-order valence-electron chi connectivity index (χ3n) is 6.87. The van der Waals surface area contributed by atoms with Crippen molar-refractivity contribution in [3.63, 3.8) is 0 Å². The fraction of sp³-hybridized carbons (Fsp3) is 0.394. The van der Waals surface area contributed by atoms with Crippen molar-refractivity contribution in [1.82, 2.24) is 0 Å². The summed E-state index contributed by atoms with van der Waals surface area (Å²) in [5, 5.41) is 33.6. The lowest BCUT2D eigenvalue weighted by Gasteiger charge is -2.43. The largest absolute Gasteiger partial charge is 0.385 e. The van der Waals surface area contributed by atoms with Crippen molar-refractivity contribution in [1.29, 1.82) is 0 Å². The summed E-state index contributed by atoms with van der Waals surface area (Å²) in [5.41, 5.74) is -1.13. The third-order valence-corrected chi connectivity index (χ3v) is 10.1. The van der Waals surface area contributed by atoms with Crippen LogP contribution in [0.15, 0.2) is 112 Å². The van der Waals surface area contributed by atoms with Crippen molar-refractivity contribution < 1.29 is 15.3 Å². The Bertz CT molecular complexity index is 1160. The molecule has 4 atom stereocenters. The van der Waals surface area contributed by atoms with Crippen LogP contribution in [-0.2, 0) is 0 Å². The van der Waals surface area contributed by atoms with E-state index in [1.807, 2.05) is 45.1 Å². The molecule has 4 unspecified atom stereocenters. The molecule has 39 heavy (non-hydrogen) atoms. The summed E-state index contributed by atoms with van der Waals surface area (Å²) in [7, 11) is 0. The minimum Gasteiger partial charge on any atom is -0.385 e. The zero-order chi connectivity index (χ0) is 29.4. The van der Waals surface area contributed by atoms with Crippen LogP contribution in [0, 0.1) is 0 Å². The van der Waals surface area contributed by atoms with Gasteiger partial charge < -0.3 is 15.3 Å². The normalized spacial score (nSPS) is 28.6. The van der Waals surface area contributed by atoms with E-state index in [4.69, 9.17) is 0 Å². The van der Waals surface area contributed by atoms with Crippen molar-refractivity contribution in [3.8, 4) is 0 Å². The Morgan fingerprint density at radius 3 is 2.36 bits per heavy atom. The number of rotatable bonds is 11. The maximum absolute atomic E-state index is 11.6. The summed E-state index contributed by atoms with van der Waals surface area (Å²) in [5.74, 6) is 0.400. The first-order valence-corrected chi connectivity index (χ1v) is 16.1. The average molecular weight is 585 g/mol. The molecular formula is C33H44O3S3. The molecule has 0 radical (unpaired) electrons. The van der Waals surface area contributed by atoms with Crippen molar-refractivity contribution >= 4 is 35.3 Å². The van der Waals surface area contributed by atoms with Gasteiger partial charge in [-0.05, 0) is 93.7 Å². The molecule has 2 rings (SSSR count). The maximum Gasteiger partial charge on any atom is 0.126 e. The van der Waals surface area contributed by atoms with Crippen LogP contribution < -0.4 is 0 Å². The van der Waals surface area contributed by atoms with Crippen LogP contribution in [0.3, 0.4) is 0 Å². The van der Waals surface area contributed by atoms with E-state index in [-0.39, 0.29) is 11.2 Å². The van der Waals surface area contributed by atoms with Gasteiger partial charge in [0.15, 0.2) is 0 Å². The van der Waals surface area contributed by atoms with Gasteiger partial charge in [-0.15, -0.1) is 41.9 Å². The Morgan fingerprint density at radius 2 is 1.85 bits per heavy atom. The number of benzene rings is 1. The van der Waals surface area contributed by atoms with Crippen LogP contribution in [0.2, 0.25) is 0 Å². The quantitative estimate of drug-likeness (QED) is 0.138. The molecule has 212 valence electrons. The lowest BCUT2D eigenvalue weighted by molar-refractivity contribution is -0.0788. The molecule has 3 nitrogen and oxygen atoms in total. The second-order valence-corrected chi connectivity index (χ2v) is 13.9. The molecule has 1 aliphatic rings. The SMILES string of the molecule is C=C/C(=C\CS/C(=C/C=C\C)C(C)(C)O)C(C1=C/C(C)(O)C(O)(C=C)C(C)S\C(C)=C\1)c1ccc(SC)cc1. The zero-order valence-electron chi connectivity index (χ0n) is 24.3. The highest BCUT2D eigenvalue weighted by Crippen LogP contribution is 2.45. The number of thioether (sulfide) groups is 3. The Kier molecular flexibility index (Phi) is 12.3. The third kappa shape index (κ3) is 8.42. The van der Waals surface area contributed by atoms with Crippen LogP contribution in [0.4, 0.5) is 0 Å². The summed E-state index contributed by atoms with van der Waals surface area (Å²) in [6, 6.07) is 8.43. The van der Waals surface area contributed by atoms with Crippen molar-refractivity contribution in [2.45, 2.75) is 74.4 Å². The Hall–Kier alpha value is -1.67. The summed E-state index contributed by atoms with van der Waals surface area (Å²) in [4.78, 5) is 3.06. The van der Waals surface area contributed by atoms with Gasteiger partial charge in [0.25, 0.3) is 0 Å². The van der Waals surface area contributed by atoms with Crippen molar-refractivity contribution in [2.75, 3.05) is 12.0 Å². The first-order valence-electron chi connectivity index (χ1n) is 13.0. The van der Waals surface area contributed by atoms with E-state index in [9.17, 15) is 15.3 Å². The Labute approximate surface area is 248 Å². The molecule has 0 fully saturated rings. The van der Waals surface area contributed by atoms with E-state index in [0.29, 0.717) is 5.75 Å². The standard InChI is InChI=1S/C33H44O3S3/c1-10-13-14-29(31(6,7)34)38-20-19-25(11-2)30(26-15-17-28(37-9)18-16-26)27-21-23(4)39-24(5)33(36,12-3)32(8,35)22-27/h10-19,21-22,24,30,34-36H,2-3,20H2,1,4-9H3/b13-10-,23-21+,25-19+,27-22+,29-14+. The zero-order valence-corrected chi connectivity index (χ0v) is 26.7. The van der Waals surface area contributed by atoms with Crippen molar-refractivity contribution in [2.24, 2.45) is 0 Å². The van der Waals surface area contributed by atoms with E-state index in [1.165, 1.54) is 17.8 Å². The molecule has 0 spiro atoms. The van der Waals surface area contributed by atoms with Gasteiger partial charge in [0.05, 0.1) is 5.60 Å². The molecule has 0 aliphatic carbocycles. The highest BCUT2D eigenvalue weighted by molar-refractivity contribution is 8.03. The predicted molar refractivity (Wildman–Crippen MR) is 176 cm³/mol. The highest BCUT2D eigenvalue weighted by Gasteiger charge is 2.48. The summed E-state index contributed by atoms with van der Waals surface area (Å²) >= 11 is 4.79. The van der Waals surface area contributed by atoms with Gasteiger partial charge in [0.2, 0.25) is 0 Å². The monoisotopic (exact) mass is 584 g/mol. The van der Waals surface area contributed by atoms with Gasteiger partial charge >= 0.3 is 0 Å². The topological polar surface area (TPSA) is 60.7 Å². The van der Waals surface area contributed by atoms with Crippen LogP contribution in [0.25, 0.3) is 0 Å². The van der Waals surface area contributed by atoms with E-state index >= 15 is 0 Å². The second kappa shape index (κ2) is 14.3. The fourth-order valence-electron chi connectivity index (χ4n) is 4.60. The number of hydrogen-bond donors (Lipinski definition) is 3. The lowest BCUT2D eigenvalue weighted by Crippen LogP contribution is -2.56. The van der Waals surface area contributed by atoms with Gasteiger partial charge in [0, 0.05) is 26.7 Å². The molecule has 1 aliphatic heterocycles. The molecule has 6 heteroatoms. The van der Waals surface area contributed by atoms with E-state index in [0.717, 1.165) is 31.4 Å². The summed E-state index contributed by atoms with van der Waals surface area (Å²) in [6.45, 7) is 19.1. The maximum atomic E-state index is 11.6. The minimum atomic E-state index is -1.56. The Balaban J connectivity index is 2.70. The fourth-order valence-corrected chi connectivity index (χ4v) is 7.27. The van der Waals surface area contributed by atoms with Crippen LogP contribution in [-0.4, -0.2) is 49.4 Å². The number of allylic oxidation sites excluding steroid dienone is 8. The van der Waals surface area contributed by atoms with E-state index < -0.39 is 16.8 Å². The van der Waals surface area contributed by atoms with Gasteiger partial charge in [-0.25, -0.2) is 0 Å². The Morgan fingerprint density at radius 1 is 1.21 bits per heavy atom. The first-order chi connectivity index (χ1) is 18.2. The average Bonchev–Trinajstić information content (AvgIpc) is 2.87. The van der Waals surface area contributed by atoms with Gasteiger partial charge in [-0.3, -0.25) is 0 Å². The van der Waals surface area contributed by atoms with Gasteiger partial charge in [-0.1, -0.05) is 55.2 Å². The first kappa shape index (κ1) is 33.5. The molecule has 1 aromatic rings. The van der Waals surface area contributed by atoms with Crippen molar-refractivity contribution in [3.05, 3.63) is 113 Å². The van der Waals surface area contributed by atoms with E-state index in [2.05, 4.69) is 55.8 Å². The molecule has 0 bridgehead atoms. The molecule has 1 aromatic carbocycles. The van der Waals surface area contributed by atoms with Gasteiger partial charge in [-0.2, -0.15) is 0 Å². The summed E-state index contributed by atoms with van der Waals surface area (Å²) < 4.78 is 0. The van der Waals surface area contributed by atoms with Crippen LogP contribution in [0.1, 0.15) is 53.0 Å². The number of aliphatic hydroxyl groups is 3. The minimum absolute atomic E-state index is 0.228. The highest BCUT2D eigenvalue weighted by atomic mass is 32.2. The number of hydrogen-bond acceptors (Lipinski definition) is 6. The lowest BCUT2D eigenvalue weighted by atomic mass is 9.76. The summed E-state index contributed by atoms with van der Waals surface area (Å²) in [6.07, 6.45) is 17.2. The molecular weight excluding hydrogens is 541 g/mol. The molecule has 0 saturated carbocycles. The molecule has 0 saturated heterocycles. The molecule has 3 N–H and O–H groups in total. The molecule has 0 aromatic heterocycles. The smallest absolute Gasteiger partial charge is 0.126 e. The van der Waals surface area contributed by atoms with E-state index in [1.54, 1.807) is 50.4 Å². The predicted octanol–water partition coefficient (Wildman–Crippen LogP) is 8.20. The molecule has 1 heterocycles. The molecule has 0 amide bonds. The van der Waals surface area contributed by atoms with Crippen LogP contribution in [0.5, 0.6) is 0 Å². The van der Waals surface area contributed by atoms with Crippen LogP contribution >= 0.6 is 35.3 Å². The van der Waals surface area contributed by atoms with Gasteiger partial charge in [0.1, 0.15) is 11.2 Å².